The van der Waals surface area contributed by atoms with E-state index in [0.29, 0.717) is 28.1 Å². The van der Waals surface area contributed by atoms with Gasteiger partial charge in [-0.3, -0.25) is 9.59 Å². The van der Waals surface area contributed by atoms with Gasteiger partial charge in [-0.15, -0.1) is 0 Å². The van der Waals surface area contributed by atoms with E-state index in [4.69, 9.17) is 0 Å². The molecule has 0 aliphatic carbocycles. The molecule has 0 atom stereocenters. The molecule has 31 heavy (non-hydrogen) atoms. The van der Waals surface area contributed by atoms with Crippen LogP contribution >= 0.6 is 0 Å². The van der Waals surface area contributed by atoms with E-state index in [1.165, 1.54) is 19.5 Å². The van der Waals surface area contributed by atoms with E-state index in [1.807, 2.05) is 6.07 Å². The number of anilines is 3. The maximum Gasteiger partial charge on any atom is 0.343 e. The van der Waals surface area contributed by atoms with Crippen LogP contribution in [0.25, 0.3) is 11.0 Å². The van der Waals surface area contributed by atoms with Crippen LogP contribution in [0, 0.1) is 0 Å². The predicted molar refractivity (Wildman–Crippen MR) is 116 cm³/mol. The zero-order valence-corrected chi connectivity index (χ0v) is 16.4. The summed E-state index contributed by atoms with van der Waals surface area (Å²) < 4.78 is 4.65. The second-order valence-electron chi connectivity index (χ2n) is 6.51. The Morgan fingerprint density at radius 2 is 1.68 bits per heavy atom. The SMILES string of the molecule is COC(=O)c1cc2c(Nc3ccc(NC(=O)c4ccccc4)cc3)ncnc2[nH]c1=O. The first-order valence-electron chi connectivity index (χ1n) is 9.25. The number of rotatable bonds is 5. The summed E-state index contributed by atoms with van der Waals surface area (Å²) in [6, 6.07) is 17.3. The van der Waals surface area contributed by atoms with Crippen molar-refractivity contribution in [2.45, 2.75) is 0 Å². The summed E-state index contributed by atoms with van der Waals surface area (Å²) in [5, 5.41) is 6.40. The van der Waals surface area contributed by atoms with Crippen LogP contribution in [0.15, 0.2) is 71.8 Å². The van der Waals surface area contributed by atoms with E-state index in [9.17, 15) is 14.4 Å². The van der Waals surface area contributed by atoms with Gasteiger partial charge in [0.2, 0.25) is 0 Å². The highest BCUT2D eigenvalue weighted by Crippen LogP contribution is 2.23. The van der Waals surface area contributed by atoms with E-state index in [2.05, 4.69) is 30.3 Å². The zero-order valence-electron chi connectivity index (χ0n) is 16.4. The van der Waals surface area contributed by atoms with Crippen LogP contribution in [-0.4, -0.2) is 33.9 Å². The largest absolute Gasteiger partial charge is 0.465 e. The van der Waals surface area contributed by atoms with Gasteiger partial charge in [0.1, 0.15) is 23.4 Å². The molecule has 0 fully saturated rings. The smallest absolute Gasteiger partial charge is 0.343 e. The number of aromatic amines is 1. The van der Waals surface area contributed by atoms with E-state index in [1.54, 1.807) is 48.5 Å². The standard InChI is InChI=1S/C22H17N5O4/c1-31-22(30)17-11-16-18(23-12-24-19(16)27-21(17)29)25-14-7-9-15(10-8-14)26-20(28)13-5-3-2-4-6-13/h2-12H,1H3,(H,26,28)(H2,23,24,25,27,29). The first-order chi connectivity index (χ1) is 15.0. The molecular weight excluding hydrogens is 398 g/mol. The third kappa shape index (κ3) is 4.25. The lowest BCUT2D eigenvalue weighted by Gasteiger charge is -2.10. The Morgan fingerprint density at radius 1 is 0.968 bits per heavy atom. The summed E-state index contributed by atoms with van der Waals surface area (Å²) in [7, 11) is 1.20. The number of esters is 1. The van der Waals surface area contributed by atoms with Crippen molar-refractivity contribution >= 4 is 40.1 Å². The molecule has 1 amide bonds. The number of methoxy groups -OCH3 is 1. The fourth-order valence-electron chi connectivity index (χ4n) is 2.94. The average Bonchev–Trinajstić information content (AvgIpc) is 2.80. The molecule has 0 unspecified atom stereocenters. The first-order valence-corrected chi connectivity index (χ1v) is 9.25. The summed E-state index contributed by atoms with van der Waals surface area (Å²) in [5.74, 6) is -0.564. The molecular formula is C22H17N5O4. The summed E-state index contributed by atoms with van der Waals surface area (Å²) in [6.07, 6.45) is 1.30. The molecule has 2 aromatic heterocycles. The number of benzene rings is 2. The van der Waals surface area contributed by atoms with Crippen molar-refractivity contribution in [2.75, 3.05) is 17.7 Å². The highest BCUT2D eigenvalue weighted by atomic mass is 16.5. The van der Waals surface area contributed by atoms with Gasteiger partial charge in [-0.05, 0) is 42.5 Å². The van der Waals surface area contributed by atoms with Crippen LogP contribution < -0.4 is 16.2 Å². The maximum absolute atomic E-state index is 12.3. The van der Waals surface area contributed by atoms with Gasteiger partial charge in [0.25, 0.3) is 11.5 Å². The number of fused-ring (bicyclic) bond motifs is 1. The Morgan fingerprint density at radius 3 is 2.39 bits per heavy atom. The number of nitrogens with zero attached hydrogens (tertiary/aromatic N) is 2. The highest BCUT2D eigenvalue weighted by Gasteiger charge is 2.15. The Bertz CT molecular complexity index is 1320. The van der Waals surface area contributed by atoms with Crippen molar-refractivity contribution in [1.82, 2.24) is 15.0 Å². The molecule has 4 rings (SSSR count). The van der Waals surface area contributed by atoms with Gasteiger partial charge < -0.3 is 20.4 Å². The Hall–Kier alpha value is -4.53. The van der Waals surface area contributed by atoms with E-state index in [0.717, 1.165) is 0 Å². The lowest BCUT2D eigenvalue weighted by Crippen LogP contribution is -2.19. The number of carbonyl (C=O) groups is 2. The summed E-state index contributed by atoms with van der Waals surface area (Å²) >= 11 is 0. The normalized spacial score (nSPS) is 10.5. The molecule has 2 heterocycles. The number of carbonyl (C=O) groups excluding carboxylic acids is 2. The number of ether oxygens (including phenoxy) is 1. The fourth-order valence-corrected chi connectivity index (χ4v) is 2.94. The Labute approximate surface area is 176 Å². The molecule has 9 nitrogen and oxygen atoms in total. The molecule has 0 saturated carbocycles. The van der Waals surface area contributed by atoms with Crippen LogP contribution in [-0.2, 0) is 4.74 Å². The minimum Gasteiger partial charge on any atom is -0.465 e. The van der Waals surface area contributed by atoms with Crippen molar-refractivity contribution < 1.29 is 14.3 Å². The van der Waals surface area contributed by atoms with Gasteiger partial charge in [0.15, 0.2) is 0 Å². The lowest BCUT2D eigenvalue weighted by atomic mass is 10.2. The lowest BCUT2D eigenvalue weighted by molar-refractivity contribution is 0.0599. The van der Waals surface area contributed by atoms with Gasteiger partial charge in [-0.1, -0.05) is 18.2 Å². The zero-order chi connectivity index (χ0) is 21.8. The fraction of sp³-hybridized carbons (Fsp3) is 0.0455. The molecule has 9 heteroatoms. The van der Waals surface area contributed by atoms with Crippen LogP contribution in [0.5, 0.6) is 0 Å². The monoisotopic (exact) mass is 415 g/mol. The van der Waals surface area contributed by atoms with Crippen molar-refractivity contribution in [3.05, 3.63) is 88.5 Å². The Balaban J connectivity index is 1.57. The number of hydrogen-bond acceptors (Lipinski definition) is 7. The molecule has 0 saturated heterocycles. The number of H-pyrrole nitrogens is 1. The topological polar surface area (TPSA) is 126 Å². The van der Waals surface area contributed by atoms with Crippen molar-refractivity contribution in [3.63, 3.8) is 0 Å². The number of pyridine rings is 1. The van der Waals surface area contributed by atoms with Gasteiger partial charge in [-0.2, -0.15) is 0 Å². The van der Waals surface area contributed by atoms with Crippen molar-refractivity contribution in [2.24, 2.45) is 0 Å². The van der Waals surface area contributed by atoms with Crippen LogP contribution in [0.1, 0.15) is 20.7 Å². The first kappa shape index (κ1) is 19.8. The van der Waals surface area contributed by atoms with Crippen molar-refractivity contribution in [1.29, 1.82) is 0 Å². The van der Waals surface area contributed by atoms with Gasteiger partial charge in [0.05, 0.1) is 12.5 Å². The van der Waals surface area contributed by atoms with E-state index >= 15 is 0 Å². The van der Waals surface area contributed by atoms with Gasteiger partial charge >= 0.3 is 5.97 Å². The minimum atomic E-state index is -0.753. The minimum absolute atomic E-state index is 0.146. The molecule has 0 radical (unpaired) electrons. The molecule has 0 spiro atoms. The molecule has 0 aliphatic heterocycles. The quantitative estimate of drug-likeness (QED) is 0.428. The van der Waals surface area contributed by atoms with Crippen LogP contribution in [0.3, 0.4) is 0 Å². The van der Waals surface area contributed by atoms with Gasteiger partial charge in [0, 0.05) is 16.9 Å². The molecule has 154 valence electrons. The average molecular weight is 415 g/mol. The second kappa shape index (κ2) is 8.46. The Kier molecular flexibility index (Phi) is 5.39. The summed E-state index contributed by atoms with van der Waals surface area (Å²) in [5.41, 5.74) is 1.41. The summed E-state index contributed by atoms with van der Waals surface area (Å²) in [6.45, 7) is 0. The third-order valence-electron chi connectivity index (χ3n) is 4.50. The molecule has 4 aromatic rings. The summed E-state index contributed by atoms with van der Waals surface area (Å²) in [4.78, 5) is 47.0. The number of aromatic nitrogens is 3. The number of hydrogen-bond donors (Lipinski definition) is 3. The number of nitrogens with one attached hydrogen (secondary N) is 3. The van der Waals surface area contributed by atoms with Gasteiger partial charge in [-0.25, -0.2) is 14.8 Å². The third-order valence-corrected chi connectivity index (χ3v) is 4.50. The highest BCUT2D eigenvalue weighted by molar-refractivity contribution is 6.04. The molecule has 0 aliphatic rings. The van der Waals surface area contributed by atoms with Crippen LogP contribution in [0.2, 0.25) is 0 Å². The van der Waals surface area contributed by atoms with Crippen LogP contribution in [0.4, 0.5) is 17.2 Å². The molecule has 2 aromatic carbocycles. The molecule has 0 bridgehead atoms. The van der Waals surface area contributed by atoms with E-state index < -0.39 is 11.5 Å². The van der Waals surface area contributed by atoms with Crippen molar-refractivity contribution in [3.8, 4) is 0 Å². The number of amides is 1. The molecule has 3 N–H and O–H groups in total. The second-order valence-corrected chi connectivity index (χ2v) is 6.51. The predicted octanol–water partition coefficient (Wildman–Crippen LogP) is 3.10. The maximum atomic E-state index is 12.3. The van der Waals surface area contributed by atoms with E-state index in [-0.39, 0.29) is 17.1 Å².